The van der Waals surface area contributed by atoms with Crippen molar-refractivity contribution in [3.63, 3.8) is 0 Å². The van der Waals surface area contributed by atoms with Crippen molar-refractivity contribution in [3.05, 3.63) is 35.9 Å². The SMILES string of the molecule is CCCCCCOC(C(=O)OC)c1ccccc1. The molecule has 3 heteroatoms. The highest BCUT2D eigenvalue weighted by Gasteiger charge is 2.21. The number of hydrogen-bond acceptors (Lipinski definition) is 3. The van der Waals surface area contributed by atoms with Crippen LogP contribution in [0.25, 0.3) is 0 Å². The van der Waals surface area contributed by atoms with Crippen LogP contribution in [0.1, 0.15) is 44.3 Å². The summed E-state index contributed by atoms with van der Waals surface area (Å²) in [7, 11) is 1.39. The van der Waals surface area contributed by atoms with Crippen LogP contribution in [-0.4, -0.2) is 19.7 Å². The minimum absolute atomic E-state index is 0.336. The highest BCUT2D eigenvalue weighted by atomic mass is 16.6. The van der Waals surface area contributed by atoms with Crippen molar-refractivity contribution in [3.8, 4) is 0 Å². The third-order valence-electron chi connectivity index (χ3n) is 2.80. The summed E-state index contributed by atoms with van der Waals surface area (Å²) in [5, 5.41) is 0. The van der Waals surface area contributed by atoms with E-state index >= 15 is 0 Å². The largest absolute Gasteiger partial charge is 0.467 e. The van der Waals surface area contributed by atoms with E-state index in [1.165, 1.54) is 20.0 Å². The second-order valence-electron chi connectivity index (χ2n) is 4.25. The zero-order chi connectivity index (χ0) is 13.2. The molecule has 0 heterocycles. The van der Waals surface area contributed by atoms with Crippen molar-refractivity contribution in [1.29, 1.82) is 0 Å². The molecule has 0 bridgehead atoms. The number of carbonyl (C=O) groups excluding carboxylic acids is 1. The third kappa shape index (κ3) is 4.88. The Morgan fingerprint density at radius 1 is 1.17 bits per heavy atom. The fourth-order valence-electron chi connectivity index (χ4n) is 1.77. The Kier molecular flexibility index (Phi) is 7.11. The van der Waals surface area contributed by atoms with Crippen LogP contribution in [0.4, 0.5) is 0 Å². The molecule has 0 saturated carbocycles. The number of esters is 1. The van der Waals surface area contributed by atoms with Crippen LogP contribution in [0.15, 0.2) is 30.3 Å². The fraction of sp³-hybridized carbons (Fsp3) is 0.533. The first-order chi connectivity index (χ1) is 8.79. The summed E-state index contributed by atoms with van der Waals surface area (Å²) in [6.07, 6.45) is 3.92. The van der Waals surface area contributed by atoms with E-state index < -0.39 is 6.10 Å². The first-order valence-electron chi connectivity index (χ1n) is 6.54. The van der Waals surface area contributed by atoms with Gasteiger partial charge in [-0.05, 0) is 12.0 Å². The van der Waals surface area contributed by atoms with Gasteiger partial charge >= 0.3 is 5.97 Å². The van der Waals surface area contributed by atoms with Crippen molar-refractivity contribution in [2.45, 2.75) is 38.7 Å². The van der Waals surface area contributed by atoms with Gasteiger partial charge in [-0.2, -0.15) is 0 Å². The summed E-state index contributed by atoms with van der Waals surface area (Å²) in [6.45, 7) is 2.76. The summed E-state index contributed by atoms with van der Waals surface area (Å²) < 4.78 is 10.4. The van der Waals surface area contributed by atoms with Crippen LogP contribution >= 0.6 is 0 Å². The molecule has 0 fully saturated rings. The third-order valence-corrected chi connectivity index (χ3v) is 2.80. The molecule has 0 spiro atoms. The number of benzene rings is 1. The monoisotopic (exact) mass is 250 g/mol. The first kappa shape index (κ1) is 14.7. The highest BCUT2D eigenvalue weighted by molar-refractivity contribution is 5.76. The minimum atomic E-state index is -0.599. The molecule has 1 unspecified atom stereocenters. The highest BCUT2D eigenvalue weighted by Crippen LogP contribution is 2.19. The minimum Gasteiger partial charge on any atom is -0.467 e. The topological polar surface area (TPSA) is 35.5 Å². The molecule has 1 aromatic rings. The van der Waals surface area contributed by atoms with Gasteiger partial charge in [-0.1, -0.05) is 56.5 Å². The first-order valence-corrected chi connectivity index (χ1v) is 6.54. The maximum atomic E-state index is 11.7. The lowest BCUT2D eigenvalue weighted by Gasteiger charge is -2.15. The summed E-state index contributed by atoms with van der Waals surface area (Å²) in [5.41, 5.74) is 0.847. The molecule has 0 aromatic heterocycles. The Balaban J connectivity index is 2.50. The predicted octanol–water partition coefficient (Wildman–Crippen LogP) is 3.50. The van der Waals surface area contributed by atoms with Gasteiger partial charge in [0.25, 0.3) is 0 Å². The van der Waals surface area contributed by atoms with Crippen LogP contribution in [-0.2, 0) is 14.3 Å². The van der Waals surface area contributed by atoms with Gasteiger partial charge in [0, 0.05) is 6.61 Å². The molecule has 0 aliphatic rings. The van der Waals surface area contributed by atoms with E-state index in [1.807, 2.05) is 30.3 Å². The lowest BCUT2D eigenvalue weighted by atomic mass is 10.1. The molecule has 3 nitrogen and oxygen atoms in total. The maximum Gasteiger partial charge on any atom is 0.339 e. The molecule has 0 aliphatic carbocycles. The zero-order valence-corrected chi connectivity index (χ0v) is 11.2. The van der Waals surface area contributed by atoms with Gasteiger partial charge in [0.05, 0.1) is 7.11 Å². The molecule has 0 aliphatic heterocycles. The second-order valence-corrected chi connectivity index (χ2v) is 4.25. The van der Waals surface area contributed by atoms with E-state index in [4.69, 9.17) is 9.47 Å². The van der Waals surface area contributed by atoms with E-state index in [-0.39, 0.29) is 5.97 Å². The maximum absolute atomic E-state index is 11.7. The van der Waals surface area contributed by atoms with Gasteiger partial charge in [-0.15, -0.1) is 0 Å². The molecule has 0 saturated heterocycles. The Morgan fingerprint density at radius 3 is 2.50 bits per heavy atom. The summed E-state index contributed by atoms with van der Waals surface area (Å²) in [6, 6.07) is 9.47. The number of ether oxygens (including phenoxy) is 2. The molecular formula is C15H22O3. The molecule has 0 radical (unpaired) electrons. The van der Waals surface area contributed by atoms with Crippen LogP contribution in [0, 0.1) is 0 Å². The number of carbonyl (C=O) groups is 1. The lowest BCUT2D eigenvalue weighted by molar-refractivity contribution is -0.154. The Bertz CT molecular complexity index is 335. The molecule has 100 valence electrons. The van der Waals surface area contributed by atoms with Crippen molar-refractivity contribution >= 4 is 5.97 Å². The fourth-order valence-corrected chi connectivity index (χ4v) is 1.77. The Hall–Kier alpha value is -1.35. The average molecular weight is 250 g/mol. The van der Waals surface area contributed by atoms with E-state index in [0.29, 0.717) is 6.61 Å². The Labute approximate surface area is 109 Å². The van der Waals surface area contributed by atoms with E-state index in [1.54, 1.807) is 0 Å². The van der Waals surface area contributed by atoms with Crippen LogP contribution < -0.4 is 0 Å². The number of methoxy groups -OCH3 is 1. The van der Waals surface area contributed by atoms with Crippen molar-refractivity contribution in [2.24, 2.45) is 0 Å². The van der Waals surface area contributed by atoms with Crippen LogP contribution in [0.3, 0.4) is 0 Å². The van der Waals surface area contributed by atoms with Crippen molar-refractivity contribution < 1.29 is 14.3 Å². The molecule has 1 atom stereocenters. The van der Waals surface area contributed by atoms with Crippen LogP contribution in [0.5, 0.6) is 0 Å². The Morgan fingerprint density at radius 2 is 1.89 bits per heavy atom. The summed E-state index contributed by atoms with van der Waals surface area (Å²) >= 11 is 0. The molecule has 1 rings (SSSR count). The second kappa shape index (κ2) is 8.70. The van der Waals surface area contributed by atoms with Gasteiger partial charge in [0.1, 0.15) is 0 Å². The number of hydrogen-bond donors (Lipinski definition) is 0. The zero-order valence-electron chi connectivity index (χ0n) is 11.2. The quantitative estimate of drug-likeness (QED) is 0.523. The molecular weight excluding hydrogens is 228 g/mol. The van der Waals surface area contributed by atoms with Crippen molar-refractivity contribution in [1.82, 2.24) is 0 Å². The van der Waals surface area contributed by atoms with Crippen molar-refractivity contribution in [2.75, 3.05) is 13.7 Å². The van der Waals surface area contributed by atoms with Gasteiger partial charge in [-0.25, -0.2) is 4.79 Å². The number of rotatable bonds is 8. The molecule has 0 N–H and O–H groups in total. The normalized spacial score (nSPS) is 12.1. The lowest BCUT2D eigenvalue weighted by Crippen LogP contribution is -2.18. The van der Waals surface area contributed by atoms with Crippen LogP contribution in [0.2, 0.25) is 0 Å². The smallest absolute Gasteiger partial charge is 0.339 e. The van der Waals surface area contributed by atoms with Gasteiger partial charge < -0.3 is 9.47 Å². The molecule has 18 heavy (non-hydrogen) atoms. The van der Waals surface area contributed by atoms with Gasteiger partial charge in [0.15, 0.2) is 6.10 Å². The average Bonchev–Trinajstić information content (AvgIpc) is 2.43. The van der Waals surface area contributed by atoms with E-state index in [0.717, 1.165) is 18.4 Å². The predicted molar refractivity (Wildman–Crippen MR) is 71.3 cm³/mol. The van der Waals surface area contributed by atoms with E-state index in [9.17, 15) is 4.79 Å². The standard InChI is InChI=1S/C15H22O3/c1-3-4-5-9-12-18-14(15(16)17-2)13-10-7-6-8-11-13/h6-8,10-11,14H,3-5,9,12H2,1-2H3. The number of unbranched alkanes of at least 4 members (excludes halogenated alkanes) is 3. The van der Waals surface area contributed by atoms with Gasteiger partial charge in [0.2, 0.25) is 0 Å². The summed E-state index contributed by atoms with van der Waals surface area (Å²) in [5.74, 6) is -0.336. The van der Waals surface area contributed by atoms with E-state index in [2.05, 4.69) is 6.92 Å². The van der Waals surface area contributed by atoms with Gasteiger partial charge in [-0.3, -0.25) is 0 Å². The summed E-state index contributed by atoms with van der Waals surface area (Å²) in [4.78, 5) is 11.7. The molecule has 1 aromatic carbocycles. The molecule has 0 amide bonds.